The van der Waals surface area contributed by atoms with Crippen LogP contribution < -0.4 is 16.0 Å². The Hall–Kier alpha value is -1.83. The van der Waals surface area contributed by atoms with Crippen molar-refractivity contribution >= 4 is 17.8 Å². The summed E-state index contributed by atoms with van der Waals surface area (Å²) in [7, 11) is 5.57. The number of amides is 4. The maximum Gasteiger partial charge on any atom is 0.315 e. The molecular weight excluding hydrogens is 394 g/mol. The molecule has 3 atom stereocenters. The van der Waals surface area contributed by atoms with Gasteiger partial charge in [0.25, 0.3) is 0 Å². The molecule has 1 saturated heterocycles. The van der Waals surface area contributed by atoms with E-state index in [1.54, 1.807) is 11.9 Å². The van der Waals surface area contributed by atoms with Gasteiger partial charge in [-0.2, -0.15) is 0 Å². The van der Waals surface area contributed by atoms with Crippen LogP contribution in [0.5, 0.6) is 0 Å². The Morgan fingerprint density at radius 1 is 1.00 bits per heavy atom. The Balaban J connectivity index is 2.16. The summed E-state index contributed by atoms with van der Waals surface area (Å²) in [5.74, 6) is -0.135. The van der Waals surface area contributed by atoms with E-state index in [2.05, 4.69) is 41.6 Å². The number of carbonyl (C=O) groups is 3. The van der Waals surface area contributed by atoms with E-state index in [1.165, 1.54) is 6.42 Å². The van der Waals surface area contributed by atoms with Crippen molar-refractivity contribution in [2.24, 2.45) is 11.3 Å². The largest absolute Gasteiger partial charge is 0.357 e. The third-order valence-electron chi connectivity index (χ3n) is 6.66. The molecule has 31 heavy (non-hydrogen) atoms. The van der Waals surface area contributed by atoms with Gasteiger partial charge in [-0.05, 0) is 51.1 Å². The molecule has 2 aliphatic rings. The fourth-order valence-corrected chi connectivity index (χ4v) is 4.74. The van der Waals surface area contributed by atoms with Crippen LogP contribution in [0.1, 0.15) is 65.7 Å². The number of rotatable bonds is 7. The molecule has 0 aromatic carbocycles. The molecule has 1 heterocycles. The first-order valence-electron chi connectivity index (χ1n) is 11.8. The van der Waals surface area contributed by atoms with Crippen LogP contribution in [-0.4, -0.2) is 80.0 Å². The van der Waals surface area contributed by atoms with Crippen LogP contribution in [0.15, 0.2) is 0 Å². The van der Waals surface area contributed by atoms with Gasteiger partial charge in [0.05, 0.1) is 0 Å². The average Bonchev–Trinajstić information content (AvgIpc) is 3.20. The molecule has 3 unspecified atom stereocenters. The lowest BCUT2D eigenvalue weighted by Crippen LogP contribution is -2.60. The molecule has 178 valence electrons. The van der Waals surface area contributed by atoms with Gasteiger partial charge in [0.1, 0.15) is 12.1 Å². The molecule has 2 rings (SSSR count). The van der Waals surface area contributed by atoms with Crippen molar-refractivity contribution < 1.29 is 14.4 Å². The Labute approximate surface area is 187 Å². The molecule has 4 amide bonds. The normalized spacial score (nSPS) is 22.2. The zero-order chi connectivity index (χ0) is 23.2. The van der Waals surface area contributed by atoms with Crippen LogP contribution in [0.25, 0.3) is 0 Å². The number of likely N-dealkylation sites (tertiary alicyclic amines) is 1. The zero-order valence-corrected chi connectivity index (χ0v) is 20.3. The summed E-state index contributed by atoms with van der Waals surface area (Å²) >= 11 is 0. The number of urea groups is 1. The smallest absolute Gasteiger partial charge is 0.315 e. The molecule has 0 radical (unpaired) electrons. The first-order chi connectivity index (χ1) is 14.5. The summed E-state index contributed by atoms with van der Waals surface area (Å²) in [6, 6.07) is -1.40. The highest BCUT2D eigenvalue weighted by molar-refractivity contribution is 5.92. The SMILES string of the molecule is CNC(=O)C1CCCN1C(=O)C(NC(=O)NC(CN(C)C)C(C)(C)C)C1CCCCC1. The summed E-state index contributed by atoms with van der Waals surface area (Å²) in [6.45, 7) is 7.58. The van der Waals surface area contributed by atoms with E-state index in [-0.39, 0.29) is 35.2 Å². The number of nitrogens with one attached hydrogen (secondary N) is 3. The highest BCUT2D eigenvalue weighted by Crippen LogP contribution is 2.29. The Kier molecular flexibility index (Phi) is 9.15. The highest BCUT2D eigenvalue weighted by atomic mass is 16.2. The maximum absolute atomic E-state index is 13.6. The number of nitrogens with zero attached hydrogens (tertiary/aromatic N) is 2. The van der Waals surface area contributed by atoms with Crippen LogP contribution >= 0.6 is 0 Å². The minimum atomic E-state index is -0.592. The molecular formula is C23H43N5O3. The predicted octanol–water partition coefficient (Wildman–Crippen LogP) is 1.95. The maximum atomic E-state index is 13.6. The summed E-state index contributed by atoms with van der Waals surface area (Å²) in [4.78, 5) is 42.6. The molecule has 0 spiro atoms. The first-order valence-corrected chi connectivity index (χ1v) is 11.8. The molecule has 8 heteroatoms. The molecule has 3 N–H and O–H groups in total. The summed E-state index contributed by atoms with van der Waals surface area (Å²) in [5, 5.41) is 8.81. The molecule has 0 bridgehead atoms. The first kappa shape index (κ1) is 25.4. The fourth-order valence-electron chi connectivity index (χ4n) is 4.74. The van der Waals surface area contributed by atoms with Crippen LogP contribution in [0.2, 0.25) is 0 Å². The topological polar surface area (TPSA) is 93.8 Å². The minimum absolute atomic E-state index is 0.0602. The number of likely N-dealkylation sites (N-methyl/N-ethyl adjacent to an activating group) is 2. The lowest BCUT2D eigenvalue weighted by molar-refractivity contribution is -0.141. The molecule has 0 aromatic rings. The average molecular weight is 438 g/mol. The number of hydrogen-bond acceptors (Lipinski definition) is 4. The van der Waals surface area contributed by atoms with Gasteiger partial charge in [-0.1, -0.05) is 40.0 Å². The van der Waals surface area contributed by atoms with Crippen LogP contribution in [0.4, 0.5) is 4.79 Å². The van der Waals surface area contributed by atoms with Crippen molar-refractivity contribution in [2.75, 3.05) is 34.2 Å². The van der Waals surface area contributed by atoms with Gasteiger partial charge < -0.3 is 25.8 Å². The van der Waals surface area contributed by atoms with Gasteiger partial charge in [0, 0.05) is 26.2 Å². The second kappa shape index (κ2) is 11.2. The van der Waals surface area contributed by atoms with Crippen molar-refractivity contribution in [3.05, 3.63) is 0 Å². The van der Waals surface area contributed by atoms with Crippen molar-refractivity contribution in [2.45, 2.75) is 83.8 Å². The van der Waals surface area contributed by atoms with Crippen molar-refractivity contribution in [3.63, 3.8) is 0 Å². The number of carbonyl (C=O) groups excluding carboxylic acids is 3. The molecule has 2 fully saturated rings. The second-order valence-electron chi connectivity index (χ2n) is 10.5. The van der Waals surface area contributed by atoms with Gasteiger partial charge >= 0.3 is 6.03 Å². The molecule has 8 nitrogen and oxygen atoms in total. The molecule has 1 aliphatic heterocycles. The second-order valence-corrected chi connectivity index (χ2v) is 10.5. The van der Waals surface area contributed by atoms with Crippen LogP contribution in [0, 0.1) is 11.3 Å². The fraction of sp³-hybridized carbons (Fsp3) is 0.870. The van der Waals surface area contributed by atoms with Gasteiger partial charge in [-0.3, -0.25) is 9.59 Å². The summed E-state index contributed by atoms with van der Waals surface area (Å²) in [5.41, 5.74) is -0.120. The summed E-state index contributed by atoms with van der Waals surface area (Å²) < 4.78 is 0. The van der Waals surface area contributed by atoms with Crippen LogP contribution in [-0.2, 0) is 9.59 Å². The molecule has 1 saturated carbocycles. The van der Waals surface area contributed by atoms with Gasteiger partial charge in [-0.25, -0.2) is 4.79 Å². The lowest BCUT2D eigenvalue weighted by atomic mass is 9.83. The van der Waals surface area contributed by atoms with E-state index in [0.29, 0.717) is 19.5 Å². The number of hydrogen-bond donors (Lipinski definition) is 3. The summed E-state index contributed by atoms with van der Waals surface area (Å²) in [6.07, 6.45) is 6.64. The van der Waals surface area contributed by atoms with E-state index in [0.717, 1.165) is 32.1 Å². The zero-order valence-electron chi connectivity index (χ0n) is 20.3. The predicted molar refractivity (Wildman–Crippen MR) is 123 cm³/mol. The van der Waals surface area contributed by atoms with Gasteiger partial charge in [-0.15, -0.1) is 0 Å². The Morgan fingerprint density at radius 2 is 1.65 bits per heavy atom. The van der Waals surface area contributed by atoms with Crippen molar-refractivity contribution in [3.8, 4) is 0 Å². The van der Waals surface area contributed by atoms with Crippen molar-refractivity contribution in [1.29, 1.82) is 0 Å². The van der Waals surface area contributed by atoms with Crippen molar-refractivity contribution in [1.82, 2.24) is 25.8 Å². The standard InChI is InChI=1S/C23H43N5O3/c1-23(2,3)18(15-27(5)6)25-22(31)26-19(16-11-8-7-9-12-16)21(30)28-14-10-13-17(28)20(29)24-4/h16-19H,7-15H2,1-6H3,(H,24,29)(H2,25,26,31). The monoisotopic (exact) mass is 437 g/mol. The van der Waals surface area contributed by atoms with E-state index in [9.17, 15) is 14.4 Å². The Morgan fingerprint density at radius 3 is 2.19 bits per heavy atom. The quantitative estimate of drug-likeness (QED) is 0.567. The van der Waals surface area contributed by atoms with E-state index in [1.807, 2.05) is 14.1 Å². The lowest BCUT2D eigenvalue weighted by Gasteiger charge is -2.37. The van der Waals surface area contributed by atoms with E-state index < -0.39 is 12.1 Å². The third-order valence-corrected chi connectivity index (χ3v) is 6.66. The molecule has 0 aromatic heterocycles. The minimum Gasteiger partial charge on any atom is -0.357 e. The van der Waals surface area contributed by atoms with E-state index in [4.69, 9.17) is 0 Å². The highest BCUT2D eigenvalue weighted by Gasteiger charge is 2.40. The van der Waals surface area contributed by atoms with Gasteiger partial charge in [0.15, 0.2) is 0 Å². The Bertz CT molecular complexity index is 625. The van der Waals surface area contributed by atoms with E-state index >= 15 is 0 Å². The third kappa shape index (κ3) is 7.09. The van der Waals surface area contributed by atoms with Gasteiger partial charge in [0.2, 0.25) is 11.8 Å². The van der Waals surface area contributed by atoms with Crippen LogP contribution in [0.3, 0.4) is 0 Å². The molecule has 1 aliphatic carbocycles.